The van der Waals surface area contributed by atoms with Crippen molar-refractivity contribution in [2.24, 2.45) is 34.5 Å². The van der Waals surface area contributed by atoms with Crippen molar-refractivity contribution in [3.8, 4) is 0 Å². The number of benzene rings is 1. The zero-order chi connectivity index (χ0) is 32.0. The first-order valence-electron chi connectivity index (χ1n) is 14.9. The summed E-state index contributed by atoms with van der Waals surface area (Å²) in [4.78, 5) is 16.5. The molecule has 2 aromatic rings. The van der Waals surface area contributed by atoms with Crippen LogP contribution in [0.15, 0.2) is 30.6 Å². The normalized spacial score (nSPS) is 34.5. The molecule has 0 radical (unpaired) electrons. The third-order valence-corrected chi connectivity index (χ3v) is 11.5. The van der Waals surface area contributed by atoms with Gasteiger partial charge in [0.05, 0.1) is 6.10 Å². The molecule has 0 spiro atoms. The maximum Gasteiger partial charge on any atom is 0.397 e. The zero-order valence-corrected chi connectivity index (χ0v) is 25.3. The standard InChI is InChI=1S/C26H31F5O6S.C5H5N/c1-25-9-7-13(37-38(33,34)35)11-12(25)3-4-14-15-5-6-17(26(15,2)10-8-16(14)25)36-24(32)18-19(27)21(29)23(31)22(30)20(18)28;1-2-4-6-5-3-1/h12-17H,3-11H2,1-2H3,(H,33,34,35);1-5H/t12-,13-,14+,15+,16+,17+,25+,26+;/m1./s1. The number of nitrogens with zero attached hydrogens (tertiary/aromatic N) is 1. The third kappa shape index (κ3) is 5.99. The Morgan fingerprint density at radius 3 is 1.98 bits per heavy atom. The highest BCUT2D eigenvalue weighted by Gasteiger charge is 2.61. The van der Waals surface area contributed by atoms with E-state index in [2.05, 4.69) is 11.9 Å². The van der Waals surface area contributed by atoms with Gasteiger partial charge in [0, 0.05) is 17.8 Å². The fourth-order valence-electron chi connectivity index (χ4n) is 8.91. The Balaban J connectivity index is 0.000000573. The van der Waals surface area contributed by atoms with Gasteiger partial charge in [0.1, 0.15) is 11.7 Å². The lowest BCUT2D eigenvalue weighted by molar-refractivity contribution is -0.132. The minimum Gasteiger partial charge on any atom is -0.458 e. The molecule has 1 aromatic carbocycles. The fraction of sp³-hybridized carbons (Fsp3) is 0.613. The number of ether oxygens (including phenoxy) is 1. The molecule has 4 fully saturated rings. The van der Waals surface area contributed by atoms with E-state index in [-0.39, 0.29) is 17.3 Å². The van der Waals surface area contributed by atoms with Crippen LogP contribution < -0.4 is 0 Å². The van der Waals surface area contributed by atoms with E-state index in [1.807, 2.05) is 25.1 Å². The molecule has 13 heteroatoms. The van der Waals surface area contributed by atoms with Crippen LogP contribution in [0.5, 0.6) is 0 Å². The van der Waals surface area contributed by atoms with Gasteiger partial charge >= 0.3 is 16.4 Å². The van der Waals surface area contributed by atoms with Gasteiger partial charge in [-0.2, -0.15) is 8.42 Å². The highest BCUT2D eigenvalue weighted by molar-refractivity contribution is 7.80. The first kappa shape index (κ1) is 32.7. The number of fused-ring (bicyclic) bond motifs is 5. The maximum absolute atomic E-state index is 14.2. The summed E-state index contributed by atoms with van der Waals surface area (Å²) < 4.78 is 111. The Morgan fingerprint density at radius 1 is 0.818 bits per heavy atom. The molecule has 44 heavy (non-hydrogen) atoms. The Kier molecular flexibility index (Phi) is 9.14. The summed E-state index contributed by atoms with van der Waals surface area (Å²) in [5, 5.41) is 0. The highest BCUT2D eigenvalue weighted by Crippen LogP contribution is 2.66. The average Bonchev–Trinajstić information content (AvgIpc) is 3.31. The van der Waals surface area contributed by atoms with Crippen molar-refractivity contribution in [2.45, 2.75) is 83.8 Å². The van der Waals surface area contributed by atoms with E-state index in [1.165, 1.54) is 0 Å². The van der Waals surface area contributed by atoms with Crippen molar-refractivity contribution in [3.63, 3.8) is 0 Å². The average molecular weight is 646 g/mol. The molecular formula is C31H36F5NO6S. The van der Waals surface area contributed by atoms with Crippen molar-refractivity contribution in [1.29, 1.82) is 0 Å². The Labute approximate surface area is 253 Å². The summed E-state index contributed by atoms with van der Waals surface area (Å²) in [6.07, 6.45) is 8.38. The summed E-state index contributed by atoms with van der Waals surface area (Å²) in [7, 11) is -4.52. The summed E-state index contributed by atoms with van der Waals surface area (Å²) in [6.45, 7) is 4.21. The second-order valence-corrected chi connectivity index (χ2v) is 14.1. The first-order valence-corrected chi connectivity index (χ1v) is 16.3. The topological polar surface area (TPSA) is 103 Å². The van der Waals surface area contributed by atoms with E-state index in [1.54, 1.807) is 12.4 Å². The van der Waals surface area contributed by atoms with Gasteiger partial charge in [-0.05, 0) is 99.0 Å². The number of hydrogen-bond donors (Lipinski definition) is 1. The minimum atomic E-state index is -4.52. The largest absolute Gasteiger partial charge is 0.458 e. The summed E-state index contributed by atoms with van der Waals surface area (Å²) >= 11 is 0. The van der Waals surface area contributed by atoms with Gasteiger partial charge in [-0.3, -0.25) is 9.54 Å². The van der Waals surface area contributed by atoms with E-state index >= 15 is 0 Å². The molecule has 0 amide bonds. The van der Waals surface area contributed by atoms with Crippen molar-refractivity contribution < 1.29 is 48.6 Å². The van der Waals surface area contributed by atoms with Crippen LogP contribution >= 0.6 is 0 Å². The molecule has 4 aliphatic rings. The molecule has 8 atom stereocenters. The molecule has 6 rings (SSSR count). The lowest BCUT2D eigenvalue weighted by Gasteiger charge is -2.60. The summed E-state index contributed by atoms with van der Waals surface area (Å²) in [6, 6.07) is 5.72. The number of halogens is 5. The molecule has 0 saturated heterocycles. The van der Waals surface area contributed by atoms with Crippen molar-refractivity contribution in [3.05, 3.63) is 65.2 Å². The molecule has 0 bridgehead atoms. The smallest absolute Gasteiger partial charge is 0.397 e. The predicted octanol–water partition coefficient (Wildman–Crippen LogP) is 7.22. The maximum atomic E-state index is 14.2. The molecule has 1 N–H and O–H groups in total. The SMILES string of the molecule is C[C@]12CC[C@@H](OS(=O)(=O)O)C[C@H]1CC[C@@H]1[C@@H]2CC[C@]2(C)[C@@H](OC(=O)c3c(F)c(F)c(F)c(F)c3F)CC[C@@H]12.c1ccncc1. The van der Waals surface area contributed by atoms with Crippen LogP contribution in [0.3, 0.4) is 0 Å². The van der Waals surface area contributed by atoms with Crippen LogP contribution in [0.1, 0.15) is 82.0 Å². The molecule has 7 nitrogen and oxygen atoms in total. The lowest BCUT2D eigenvalue weighted by Crippen LogP contribution is -2.55. The molecular weight excluding hydrogens is 609 g/mol. The quantitative estimate of drug-likeness (QED) is 0.123. The Hall–Kier alpha value is -2.64. The van der Waals surface area contributed by atoms with Crippen LogP contribution in [-0.2, 0) is 19.3 Å². The molecule has 4 aliphatic carbocycles. The number of rotatable bonds is 4. The summed E-state index contributed by atoms with van der Waals surface area (Å²) in [5.74, 6) is -11.6. The van der Waals surface area contributed by atoms with E-state index in [0.717, 1.165) is 25.7 Å². The van der Waals surface area contributed by atoms with Crippen molar-refractivity contribution in [2.75, 3.05) is 0 Å². The number of hydrogen-bond acceptors (Lipinski definition) is 6. The van der Waals surface area contributed by atoms with Crippen molar-refractivity contribution >= 4 is 16.4 Å². The first-order chi connectivity index (χ1) is 20.7. The number of carbonyl (C=O) groups is 1. The minimum absolute atomic E-state index is 0.0481. The number of esters is 1. The van der Waals surface area contributed by atoms with Gasteiger partial charge in [-0.15, -0.1) is 0 Å². The van der Waals surface area contributed by atoms with E-state index in [0.29, 0.717) is 43.9 Å². The molecule has 4 saturated carbocycles. The van der Waals surface area contributed by atoms with Crippen LogP contribution in [0.2, 0.25) is 0 Å². The zero-order valence-electron chi connectivity index (χ0n) is 24.4. The third-order valence-electron chi connectivity index (χ3n) is 11.0. The second kappa shape index (κ2) is 12.3. The monoisotopic (exact) mass is 645 g/mol. The number of aromatic nitrogens is 1. The van der Waals surface area contributed by atoms with Gasteiger partial charge < -0.3 is 4.74 Å². The number of pyridine rings is 1. The van der Waals surface area contributed by atoms with E-state index < -0.39 is 68.6 Å². The molecule has 0 unspecified atom stereocenters. The number of carbonyl (C=O) groups excluding carboxylic acids is 1. The second-order valence-electron chi connectivity index (χ2n) is 13.1. The molecule has 1 heterocycles. The van der Waals surface area contributed by atoms with Gasteiger partial charge in [-0.1, -0.05) is 19.9 Å². The summed E-state index contributed by atoms with van der Waals surface area (Å²) in [5.41, 5.74) is -2.12. The predicted molar refractivity (Wildman–Crippen MR) is 148 cm³/mol. The van der Waals surface area contributed by atoms with E-state index in [4.69, 9.17) is 13.5 Å². The van der Waals surface area contributed by atoms with Gasteiger partial charge in [0.25, 0.3) is 0 Å². The van der Waals surface area contributed by atoms with Crippen LogP contribution in [0, 0.1) is 63.6 Å². The molecule has 1 aromatic heterocycles. The van der Waals surface area contributed by atoms with Gasteiger partial charge in [-0.25, -0.2) is 30.9 Å². The van der Waals surface area contributed by atoms with Gasteiger partial charge in [0.2, 0.25) is 5.82 Å². The van der Waals surface area contributed by atoms with Crippen LogP contribution in [-0.4, -0.2) is 36.1 Å². The van der Waals surface area contributed by atoms with Crippen molar-refractivity contribution in [1.82, 2.24) is 4.98 Å². The molecule has 242 valence electrons. The molecule has 0 aliphatic heterocycles. The fourth-order valence-corrected chi connectivity index (χ4v) is 9.43. The van der Waals surface area contributed by atoms with E-state index in [9.17, 15) is 35.2 Å². The van der Waals surface area contributed by atoms with Crippen LogP contribution in [0.25, 0.3) is 0 Å². The lowest BCUT2D eigenvalue weighted by atomic mass is 9.45. The Morgan fingerprint density at radius 2 is 1.41 bits per heavy atom. The highest BCUT2D eigenvalue weighted by atomic mass is 32.3. The Bertz CT molecular complexity index is 1440. The van der Waals surface area contributed by atoms with Crippen LogP contribution in [0.4, 0.5) is 22.0 Å². The van der Waals surface area contributed by atoms with Gasteiger partial charge in [0.15, 0.2) is 23.3 Å².